The highest BCUT2D eigenvalue weighted by Gasteiger charge is 2.28. The van der Waals surface area contributed by atoms with Crippen molar-refractivity contribution in [2.75, 3.05) is 11.9 Å². The van der Waals surface area contributed by atoms with Gasteiger partial charge < -0.3 is 11.1 Å². The molecule has 1 aliphatic heterocycles. The van der Waals surface area contributed by atoms with Crippen LogP contribution in [0.1, 0.15) is 28.9 Å². The van der Waals surface area contributed by atoms with Crippen molar-refractivity contribution >= 4 is 63.9 Å². The topological polar surface area (TPSA) is 88.3 Å². The van der Waals surface area contributed by atoms with Gasteiger partial charge in [-0.25, -0.2) is 4.98 Å². The van der Waals surface area contributed by atoms with Crippen molar-refractivity contribution in [3.8, 4) is 0 Å². The normalized spacial score (nSPS) is 16.9. The van der Waals surface area contributed by atoms with Crippen LogP contribution >= 0.6 is 46.4 Å². The van der Waals surface area contributed by atoms with Gasteiger partial charge in [0.25, 0.3) is 5.91 Å². The van der Waals surface area contributed by atoms with E-state index in [9.17, 15) is 9.59 Å². The summed E-state index contributed by atoms with van der Waals surface area (Å²) >= 11 is 23.8. The number of likely N-dealkylation sites (tertiary alicyclic amines) is 1. The van der Waals surface area contributed by atoms with Gasteiger partial charge in [-0.05, 0) is 37.1 Å². The number of carbonyl (C=O) groups excluding carboxylic acids is 2. The molecule has 0 bridgehead atoms. The summed E-state index contributed by atoms with van der Waals surface area (Å²) in [7, 11) is 0. The fraction of sp³-hybridized carbons (Fsp3) is 0.278. The number of halogens is 4. The molecule has 1 aromatic carbocycles. The van der Waals surface area contributed by atoms with Gasteiger partial charge in [0.15, 0.2) is 0 Å². The highest BCUT2D eigenvalue weighted by molar-refractivity contribution is 6.52. The quantitative estimate of drug-likeness (QED) is 0.646. The van der Waals surface area contributed by atoms with Crippen molar-refractivity contribution in [1.82, 2.24) is 9.88 Å². The average Bonchev–Trinajstić information content (AvgIpc) is 3.11. The Hall–Kier alpha value is -1.57. The molecule has 1 aliphatic rings. The first kappa shape index (κ1) is 21.1. The molecular weight excluding hydrogens is 446 g/mol. The molecule has 1 fully saturated rings. The number of aromatic nitrogens is 1. The predicted molar refractivity (Wildman–Crippen MR) is 111 cm³/mol. The number of rotatable bonds is 5. The van der Waals surface area contributed by atoms with Gasteiger partial charge in [-0.2, -0.15) is 0 Å². The van der Waals surface area contributed by atoms with E-state index in [0.29, 0.717) is 12.2 Å². The first-order valence-corrected chi connectivity index (χ1v) is 9.92. The Bertz CT molecular complexity index is 938. The highest BCUT2D eigenvalue weighted by atomic mass is 35.5. The Labute approximate surface area is 181 Å². The smallest absolute Gasteiger partial charge is 0.275 e. The molecule has 148 valence electrons. The van der Waals surface area contributed by atoms with Gasteiger partial charge in [-0.3, -0.25) is 14.5 Å². The van der Waals surface area contributed by atoms with Crippen LogP contribution in [0, 0.1) is 0 Å². The number of carbonyl (C=O) groups is 2. The number of hydrogen-bond acceptors (Lipinski definition) is 4. The Morgan fingerprint density at radius 3 is 2.64 bits per heavy atom. The van der Waals surface area contributed by atoms with Gasteiger partial charge in [0, 0.05) is 12.2 Å². The minimum absolute atomic E-state index is 0.0125. The molecule has 1 unspecified atom stereocenters. The van der Waals surface area contributed by atoms with Gasteiger partial charge in [0.1, 0.15) is 10.8 Å². The number of nitrogens with zero attached hydrogens (tertiary/aromatic N) is 2. The third-order valence-corrected chi connectivity index (χ3v) is 6.14. The summed E-state index contributed by atoms with van der Waals surface area (Å²) in [6, 6.07) is 6.98. The van der Waals surface area contributed by atoms with E-state index < -0.39 is 5.91 Å². The summed E-state index contributed by atoms with van der Waals surface area (Å²) in [5.74, 6) is -0.891. The molecule has 1 saturated heterocycles. The number of nitrogens with one attached hydrogen (secondary N) is 1. The largest absolute Gasteiger partial charge is 0.368 e. The molecule has 3 N–H and O–H groups in total. The number of pyridine rings is 1. The van der Waals surface area contributed by atoms with E-state index in [2.05, 4.69) is 10.3 Å². The molecule has 1 atom stereocenters. The summed E-state index contributed by atoms with van der Waals surface area (Å²) in [4.78, 5) is 30.1. The molecule has 2 aromatic rings. The maximum Gasteiger partial charge on any atom is 0.275 e. The van der Waals surface area contributed by atoms with Crippen molar-refractivity contribution in [3.05, 3.63) is 55.7 Å². The van der Waals surface area contributed by atoms with Gasteiger partial charge in [0.05, 0.1) is 21.1 Å². The van der Waals surface area contributed by atoms with Gasteiger partial charge >= 0.3 is 0 Å². The Balaban J connectivity index is 1.76. The second kappa shape index (κ2) is 8.84. The van der Waals surface area contributed by atoms with Gasteiger partial charge in [-0.15, -0.1) is 0 Å². The lowest BCUT2D eigenvalue weighted by atomic mass is 10.1. The van der Waals surface area contributed by atoms with Crippen LogP contribution in [-0.4, -0.2) is 34.3 Å². The molecule has 28 heavy (non-hydrogen) atoms. The van der Waals surface area contributed by atoms with Crippen LogP contribution in [-0.2, 0) is 11.3 Å². The van der Waals surface area contributed by atoms with E-state index in [1.54, 1.807) is 18.2 Å². The zero-order valence-corrected chi connectivity index (χ0v) is 17.5. The molecule has 6 nitrogen and oxygen atoms in total. The fourth-order valence-electron chi connectivity index (χ4n) is 3.15. The SMILES string of the molecule is NC(=O)C1CCCN1Cc1cccc(NC(=O)c2nc(Cl)c(Cl)c(Cl)c2Cl)c1. The van der Waals surface area contributed by atoms with Crippen molar-refractivity contribution in [2.45, 2.75) is 25.4 Å². The summed E-state index contributed by atoms with van der Waals surface area (Å²) in [5.41, 5.74) is 6.81. The van der Waals surface area contributed by atoms with E-state index in [-0.39, 0.29) is 37.9 Å². The van der Waals surface area contributed by atoms with Crippen LogP contribution in [0.5, 0.6) is 0 Å². The highest BCUT2D eigenvalue weighted by Crippen LogP contribution is 2.36. The molecule has 2 amide bonds. The molecule has 3 rings (SSSR count). The summed E-state index contributed by atoms with van der Waals surface area (Å²) in [5, 5.41) is 2.48. The monoisotopic (exact) mass is 460 g/mol. The Morgan fingerprint density at radius 2 is 1.93 bits per heavy atom. The number of amides is 2. The van der Waals surface area contributed by atoms with Crippen molar-refractivity contribution in [2.24, 2.45) is 5.73 Å². The third kappa shape index (κ3) is 4.53. The molecule has 10 heteroatoms. The summed E-state index contributed by atoms with van der Waals surface area (Å²) in [6.07, 6.45) is 1.68. The zero-order valence-electron chi connectivity index (χ0n) is 14.5. The maximum absolute atomic E-state index is 12.6. The van der Waals surface area contributed by atoms with Crippen LogP contribution in [0.4, 0.5) is 5.69 Å². The van der Waals surface area contributed by atoms with Crippen LogP contribution < -0.4 is 11.1 Å². The molecule has 0 radical (unpaired) electrons. The van der Waals surface area contributed by atoms with Crippen LogP contribution in [0.3, 0.4) is 0 Å². The van der Waals surface area contributed by atoms with E-state index in [1.165, 1.54) is 0 Å². The first-order valence-electron chi connectivity index (χ1n) is 8.41. The summed E-state index contributed by atoms with van der Waals surface area (Å²) in [6.45, 7) is 1.35. The number of benzene rings is 1. The minimum atomic E-state index is -0.571. The van der Waals surface area contributed by atoms with Crippen LogP contribution in [0.25, 0.3) is 0 Å². The first-order chi connectivity index (χ1) is 13.3. The lowest BCUT2D eigenvalue weighted by molar-refractivity contribution is -0.122. The predicted octanol–water partition coefficient (Wildman–Crippen LogP) is 4.40. The van der Waals surface area contributed by atoms with Crippen LogP contribution in [0.2, 0.25) is 20.2 Å². The molecule has 1 aromatic heterocycles. The van der Waals surface area contributed by atoms with E-state index in [0.717, 1.165) is 24.9 Å². The Morgan fingerprint density at radius 1 is 1.18 bits per heavy atom. The molecular formula is C18H16Cl4N4O2. The average molecular weight is 462 g/mol. The standard InChI is InChI=1S/C18H16Cl4N4O2/c19-12-13(20)15(25-16(22)14(12)21)18(28)24-10-4-1-3-9(7-10)8-26-6-2-5-11(26)17(23)27/h1,3-4,7,11H,2,5-6,8H2,(H2,23,27)(H,24,28). The Kier molecular flexibility index (Phi) is 6.68. The second-order valence-corrected chi connectivity index (χ2v) is 7.87. The molecule has 0 aliphatic carbocycles. The minimum Gasteiger partial charge on any atom is -0.368 e. The van der Waals surface area contributed by atoms with E-state index >= 15 is 0 Å². The fourth-order valence-corrected chi connectivity index (χ4v) is 3.96. The van der Waals surface area contributed by atoms with Gasteiger partial charge in [0.2, 0.25) is 5.91 Å². The second-order valence-electron chi connectivity index (χ2n) is 6.38. The maximum atomic E-state index is 12.6. The molecule has 2 heterocycles. The van der Waals surface area contributed by atoms with Crippen molar-refractivity contribution in [3.63, 3.8) is 0 Å². The van der Waals surface area contributed by atoms with Crippen LogP contribution in [0.15, 0.2) is 24.3 Å². The van der Waals surface area contributed by atoms with Crippen molar-refractivity contribution in [1.29, 1.82) is 0 Å². The third-order valence-electron chi connectivity index (χ3n) is 4.46. The molecule has 0 saturated carbocycles. The van der Waals surface area contributed by atoms with Crippen molar-refractivity contribution < 1.29 is 9.59 Å². The van der Waals surface area contributed by atoms with E-state index in [4.69, 9.17) is 52.1 Å². The van der Waals surface area contributed by atoms with E-state index in [1.807, 2.05) is 11.0 Å². The number of anilines is 1. The zero-order chi connectivity index (χ0) is 20.4. The number of primary amides is 1. The number of nitrogens with two attached hydrogens (primary N) is 1. The lowest BCUT2D eigenvalue weighted by Gasteiger charge is -2.22. The molecule has 0 spiro atoms. The number of hydrogen-bond donors (Lipinski definition) is 2. The lowest BCUT2D eigenvalue weighted by Crippen LogP contribution is -2.39. The summed E-state index contributed by atoms with van der Waals surface area (Å²) < 4.78 is 0. The van der Waals surface area contributed by atoms with Gasteiger partial charge in [-0.1, -0.05) is 58.5 Å².